The third-order valence-corrected chi connectivity index (χ3v) is 3.48. The lowest BCUT2D eigenvalue weighted by Gasteiger charge is -2.35. The molecule has 1 saturated heterocycles. The van der Waals surface area contributed by atoms with Crippen LogP contribution >= 0.6 is 0 Å². The Morgan fingerprint density at radius 2 is 1.94 bits per heavy atom. The summed E-state index contributed by atoms with van der Waals surface area (Å²) in [4.78, 5) is 2.32. The smallest absolute Gasteiger partial charge is 0.146 e. The first-order valence-corrected chi connectivity index (χ1v) is 5.77. The van der Waals surface area contributed by atoms with E-state index in [1.54, 1.807) is 0 Å². The molecule has 1 fully saturated rings. The van der Waals surface area contributed by atoms with Crippen LogP contribution in [0.2, 0.25) is 0 Å². The van der Waals surface area contributed by atoms with Gasteiger partial charge in [0, 0.05) is 20.1 Å². The zero-order chi connectivity index (χ0) is 11.8. The normalized spacial score (nSPS) is 21.2. The molecule has 1 aliphatic heterocycles. The summed E-state index contributed by atoms with van der Waals surface area (Å²) in [5.41, 5.74) is -0.480. The van der Waals surface area contributed by atoms with Gasteiger partial charge >= 0.3 is 0 Å². The number of nitrogens with zero attached hydrogens (tertiary/aromatic N) is 4. The molecule has 0 bridgehead atoms. The highest BCUT2D eigenvalue weighted by molar-refractivity contribution is 4.93. The summed E-state index contributed by atoms with van der Waals surface area (Å²) in [6, 6.07) is 0. The molecule has 2 rings (SSSR count). The Balaban J connectivity index is 1.94. The van der Waals surface area contributed by atoms with Crippen LogP contribution in [0.15, 0.2) is 0 Å². The number of hydrogen-bond acceptors (Lipinski definition) is 4. The first-order valence-electron chi connectivity index (χ1n) is 5.77. The third kappa shape index (κ3) is 2.41. The summed E-state index contributed by atoms with van der Waals surface area (Å²) >= 11 is 0. The van der Waals surface area contributed by atoms with Gasteiger partial charge in [-0.15, -0.1) is 10.2 Å². The maximum Gasteiger partial charge on any atom is 0.146 e. The molecule has 1 aromatic heterocycles. The van der Waals surface area contributed by atoms with Crippen molar-refractivity contribution in [2.45, 2.75) is 38.8 Å². The molecule has 5 heteroatoms. The first kappa shape index (κ1) is 11.5. The van der Waals surface area contributed by atoms with Crippen LogP contribution in [-0.4, -0.2) is 43.5 Å². The summed E-state index contributed by atoms with van der Waals surface area (Å²) in [7, 11) is 1.99. The molecule has 0 atom stereocenters. The van der Waals surface area contributed by atoms with Crippen LogP contribution in [0.5, 0.6) is 0 Å². The van der Waals surface area contributed by atoms with E-state index < -0.39 is 5.60 Å². The minimum absolute atomic E-state index is 0.480. The van der Waals surface area contributed by atoms with E-state index in [1.807, 2.05) is 25.5 Å². The van der Waals surface area contributed by atoms with Gasteiger partial charge in [0.05, 0.1) is 12.1 Å². The van der Waals surface area contributed by atoms with E-state index in [0.717, 1.165) is 44.1 Å². The highest BCUT2D eigenvalue weighted by Crippen LogP contribution is 2.21. The van der Waals surface area contributed by atoms with Crippen molar-refractivity contribution in [3.05, 3.63) is 11.6 Å². The predicted octanol–water partition coefficient (Wildman–Crippen LogP) is 0.470. The topological polar surface area (TPSA) is 54.2 Å². The summed E-state index contributed by atoms with van der Waals surface area (Å²) in [5.74, 6) is 1.94. The van der Waals surface area contributed by atoms with Crippen molar-refractivity contribution in [3.8, 4) is 0 Å². The summed E-state index contributed by atoms with van der Waals surface area (Å²) in [6.45, 7) is 6.56. The van der Waals surface area contributed by atoms with E-state index >= 15 is 0 Å². The van der Waals surface area contributed by atoms with E-state index in [9.17, 15) is 5.11 Å². The highest BCUT2D eigenvalue weighted by Gasteiger charge is 2.27. The van der Waals surface area contributed by atoms with Gasteiger partial charge in [0.25, 0.3) is 0 Å². The van der Waals surface area contributed by atoms with Crippen LogP contribution < -0.4 is 0 Å². The summed E-state index contributed by atoms with van der Waals surface area (Å²) in [6.07, 6.45) is 1.67. The van der Waals surface area contributed by atoms with Gasteiger partial charge in [0.15, 0.2) is 0 Å². The fourth-order valence-electron chi connectivity index (χ4n) is 1.98. The van der Waals surface area contributed by atoms with Crippen LogP contribution in [-0.2, 0) is 13.6 Å². The second-order valence-electron chi connectivity index (χ2n) is 5.00. The fourth-order valence-corrected chi connectivity index (χ4v) is 1.98. The number of aliphatic hydroxyl groups is 1. The monoisotopic (exact) mass is 224 g/mol. The lowest BCUT2D eigenvalue weighted by molar-refractivity contribution is -0.00806. The Bertz CT molecular complexity index is 362. The molecule has 0 radical (unpaired) electrons. The van der Waals surface area contributed by atoms with Gasteiger partial charge in [0.2, 0.25) is 0 Å². The Morgan fingerprint density at radius 3 is 2.44 bits per heavy atom. The summed E-state index contributed by atoms with van der Waals surface area (Å²) in [5, 5.41) is 18.1. The Hall–Kier alpha value is -0.940. The van der Waals surface area contributed by atoms with Crippen molar-refractivity contribution in [1.29, 1.82) is 0 Å². The van der Waals surface area contributed by atoms with Crippen molar-refractivity contribution in [3.63, 3.8) is 0 Å². The van der Waals surface area contributed by atoms with Crippen LogP contribution in [0.25, 0.3) is 0 Å². The average molecular weight is 224 g/mol. The zero-order valence-corrected chi connectivity index (χ0v) is 10.3. The van der Waals surface area contributed by atoms with E-state index in [1.165, 1.54) is 0 Å². The average Bonchev–Trinajstić information content (AvgIpc) is 2.53. The number of aromatic nitrogens is 3. The summed E-state index contributed by atoms with van der Waals surface area (Å²) < 4.78 is 2.02. The van der Waals surface area contributed by atoms with Gasteiger partial charge in [-0.05, 0) is 26.7 Å². The lowest BCUT2D eigenvalue weighted by atomic mass is 9.94. The van der Waals surface area contributed by atoms with Gasteiger partial charge in [-0.25, -0.2) is 0 Å². The molecule has 0 spiro atoms. The van der Waals surface area contributed by atoms with E-state index in [2.05, 4.69) is 15.1 Å². The SMILES string of the molecule is Cc1nnc(CN2CCC(C)(O)CC2)n1C. The quantitative estimate of drug-likeness (QED) is 0.793. The number of likely N-dealkylation sites (tertiary alicyclic amines) is 1. The number of hydrogen-bond donors (Lipinski definition) is 1. The maximum absolute atomic E-state index is 9.86. The molecule has 0 unspecified atom stereocenters. The van der Waals surface area contributed by atoms with E-state index in [-0.39, 0.29) is 0 Å². The molecule has 0 aliphatic carbocycles. The van der Waals surface area contributed by atoms with Crippen molar-refractivity contribution >= 4 is 0 Å². The molecule has 1 aromatic rings. The standard InChI is InChI=1S/C11H20N4O/c1-9-12-13-10(14(9)3)8-15-6-4-11(2,16)5-7-15/h16H,4-8H2,1-3H3. The molecule has 1 N–H and O–H groups in total. The third-order valence-electron chi connectivity index (χ3n) is 3.48. The van der Waals surface area contributed by atoms with Crippen LogP contribution in [0, 0.1) is 6.92 Å². The second-order valence-corrected chi connectivity index (χ2v) is 5.00. The first-order chi connectivity index (χ1) is 7.48. The van der Waals surface area contributed by atoms with Gasteiger partial charge in [-0.2, -0.15) is 0 Å². The number of aryl methyl sites for hydroxylation is 1. The molecule has 1 aliphatic rings. The molecule has 0 aromatic carbocycles. The molecular formula is C11H20N4O. The molecule has 0 saturated carbocycles. The second kappa shape index (κ2) is 4.14. The van der Waals surface area contributed by atoms with E-state index in [4.69, 9.17) is 0 Å². The van der Waals surface area contributed by atoms with Crippen molar-refractivity contribution < 1.29 is 5.11 Å². The van der Waals surface area contributed by atoms with Crippen LogP contribution in [0.4, 0.5) is 0 Å². The number of piperidine rings is 1. The van der Waals surface area contributed by atoms with Gasteiger partial charge in [-0.1, -0.05) is 0 Å². The maximum atomic E-state index is 9.86. The van der Waals surface area contributed by atoms with Crippen molar-refractivity contribution in [2.24, 2.45) is 7.05 Å². The molecule has 90 valence electrons. The van der Waals surface area contributed by atoms with Crippen LogP contribution in [0.1, 0.15) is 31.4 Å². The van der Waals surface area contributed by atoms with Gasteiger partial charge < -0.3 is 9.67 Å². The molecule has 2 heterocycles. The fraction of sp³-hybridized carbons (Fsp3) is 0.818. The van der Waals surface area contributed by atoms with Crippen LogP contribution in [0.3, 0.4) is 0 Å². The molecule has 16 heavy (non-hydrogen) atoms. The molecule has 5 nitrogen and oxygen atoms in total. The van der Waals surface area contributed by atoms with E-state index in [0.29, 0.717) is 0 Å². The molecular weight excluding hydrogens is 204 g/mol. The minimum Gasteiger partial charge on any atom is -0.390 e. The minimum atomic E-state index is -0.480. The largest absolute Gasteiger partial charge is 0.390 e. The highest BCUT2D eigenvalue weighted by atomic mass is 16.3. The molecule has 0 amide bonds. The lowest BCUT2D eigenvalue weighted by Crippen LogP contribution is -2.42. The Morgan fingerprint density at radius 1 is 1.31 bits per heavy atom. The van der Waals surface area contributed by atoms with Gasteiger partial charge in [0.1, 0.15) is 11.6 Å². The zero-order valence-electron chi connectivity index (χ0n) is 10.3. The predicted molar refractivity (Wildman–Crippen MR) is 60.9 cm³/mol. The Kier molecular flexibility index (Phi) is 2.99. The Labute approximate surface area is 96.1 Å². The van der Waals surface area contributed by atoms with Gasteiger partial charge in [-0.3, -0.25) is 4.90 Å². The van der Waals surface area contributed by atoms with Crippen molar-refractivity contribution in [2.75, 3.05) is 13.1 Å². The van der Waals surface area contributed by atoms with Crippen molar-refractivity contribution in [1.82, 2.24) is 19.7 Å². The number of rotatable bonds is 2.